The number of rotatable bonds is 3. The molecular weight excluding hydrogens is 272 g/mol. The van der Waals surface area contributed by atoms with E-state index in [2.05, 4.69) is 15.9 Å². The van der Waals surface area contributed by atoms with Gasteiger partial charge in [0.25, 0.3) is 0 Å². The maximum atomic E-state index is 11.7. The highest BCUT2D eigenvalue weighted by atomic mass is 79.9. The van der Waals surface area contributed by atoms with Crippen LogP contribution in [-0.2, 0) is 20.7 Å². The molecule has 0 amide bonds. The predicted molar refractivity (Wildman–Crippen MR) is 63.1 cm³/mol. The summed E-state index contributed by atoms with van der Waals surface area (Å²) in [5.74, 6) is -0.179. The highest BCUT2D eigenvalue weighted by molar-refractivity contribution is 9.10. The van der Waals surface area contributed by atoms with Gasteiger partial charge in [0.2, 0.25) is 0 Å². The van der Waals surface area contributed by atoms with Crippen LogP contribution < -0.4 is 0 Å². The van der Waals surface area contributed by atoms with Crippen LogP contribution in [0.4, 0.5) is 0 Å². The van der Waals surface area contributed by atoms with Crippen LogP contribution in [0, 0.1) is 5.41 Å². The molecule has 0 aromatic heterocycles. The van der Waals surface area contributed by atoms with E-state index in [0.717, 1.165) is 10.0 Å². The largest absolute Gasteiger partial charge is 0.468 e. The average Bonchev–Trinajstić information content (AvgIpc) is 2.25. The molecule has 1 aromatic rings. The lowest BCUT2D eigenvalue weighted by Gasteiger charge is -2.38. The number of ether oxygens (including phenoxy) is 2. The molecule has 3 nitrogen and oxygen atoms in total. The molecule has 1 aromatic carbocycles. The van der Waals surface area contributed by atoms with Crippen LogP contribution in [0.1, 0.15) is 5.56 Å². The fourth-order valence-corrected chi connectivity index (χ4v) is 2.11. The van der Waals surface area contributed by atoms with E-state index in [1.54, 1.807) is 0 Å². The smallest absolute Gasteiger partial charge is 0.316 e. The number of hydrogen-bond donors (Lipinski definition) is 0. The fourth-order valence-electron chi connectivity index (χ4n) is 1.85. The minimum Gasteiger partial charge on any atom is -0.468 e. The molecule has 0 saturated carbocycles. The summed E-state index contributed by atoms with van der Waals surface area (Å²) in [7, 11) is 1.42. The Morgan fingerprint density at radius 1 is 1.44 bits per heavy atom. The molecule has 0 bridgehead atoms. The Bertz CT molecular complexity index is 382. The van der Waals surface area contributed by atoms with Gasteiger partial charge in [-0.25, -0.2) is 0 Å². The van der Waals surface area contributed by atoms with Crippen molar-refractivity contribution in [1.82, 2.24) is 0 Å². The molecule has 0 aliphatic carbocycles. The van der Waals surface area contributed by atoms with Crippen LogP contribution in [0.3, 0.4) is 0 Å². The Kier molecular flexibility index (Phi) is 3.30. The highest BCUT2D eigenvalue weighted by Crippen LogP contribution is 2.33. The number of benzene rings is 1. The maximum Gasteiger partial charge on any atom is 0.316 e. The van der Waals surface area contributed by atoms with Gasteiger partial charge in [0.1, 0.15) is 5.41 Å². The van der Waals surface area contributed by atoms with Crippen molar-refractivity contribution in [2.75, 3.05) is 20.3 Å². The second-order valence-electron chi connectivity index (χ2n) is 4.07. The number of methoxy groups -OCH3 is 1. The van der Waals surface area contributed by atoms with E-state index in [1.165, 1.54) is 7.11 Å². The van der Waals surface area contributed by atoms with E-state index in [4.69, 9.17) is 9.47 Å². The van der Waals surface area contributed by atoms with E-state index in [9.17, 15) is 4.79 Å². The van der Waals surface area contributed by atoms with Gasteiger partial charge in [0.05, 0.1) is 20.3 Å². The van der Waals surface area contributed by atoms with Gasteiger partial charge < -0.3 is 9.47 Å². The Labute approximate surface area is 103 Å². The van der Waals surface area contributed by atoms with Gasteiger partial charge in [-0.3, -0.25) is 4.79 Å². The molecule has 1 aliphatic heterocycles. The molecule has 1 aliphatic rings. The molecule has 0 radical (unpaired) electrons. The third-order valence-electron chi connectivity index (χ3n) is 2.83. The topological polar surface area (TPSA) is 35.5 Å². The molecule has 0 N–H and O–H groups in total. The Morgan fingerprint density at radius 2 is 2.06 bits per heavy atom. The number of carbonyl (C=O) groups is 1. The first-order chi connectivity index (χ1) is 7.66. The summed E-state index contributed by atoms with van der Waals surface area (Å²) in [6.45, 7) is 0.908. The molecule has 1 saturated heterocycles. The first-order valence-electron chi connectivity index (χ1n) is 5.07. The first kappa shape index (κ1) is 11.6. The van der Waals surface area contributed by atoms with Crippen molar-refractivity contribution in [3.8, 4) is 0 Å². The lowest BCUT2D eigenvalue weighted by Crippen LogP contribution is -2.51. The average molecular weight is 285 g/mol. The first-order valence-corrected chi connectivity index (χ1v) is 5.86. The molecule has 4 heteroatoms. The molecule has 1 fully saturated rings. The zero-order valence-electron chi connectivity index (χ0n) is 9.03. The second-order valence-corrected chi connectivity index (χ2v) is 4.98. The molecule has 16 heavy (non-hydrogen) atoms. The van der Waals surface area contributed by atoms with Crippen molar-refractivity contribution in [2.45, 2.75) is 6.42 Å². The second kappa shape index (κ2) is 4.55. The molecule has 1 heterocycles. The summed E-state index contributed by atoms with van der Waals surface area (Å²) in [4.78, 5) is 11.7. The van der Waals surface area contributed by atoms with Gasteiger partial charge in [0.15, 0.2) is 0 Å². The number of esters is 1. The quantitative estimate of drug-likeness (QED) is 0.799. The number of hydrogen-bond acceptors (Lipinski definition) is 3. The zero-order valence-corrected chi connectivity index (χ0v) is 10.6. The van der Waals surface area contributed by atoms with E-state index >= 15 is 0 Å². The lowest BCUT2D eigenvalue weighted by atomic mass is 9.80. The van der Waals surface area contributed by atoms with Gasteiger partial charge in [-0.15, -0.1) is 0 Å². The molecule has 86 valence electrons. The third kappa shape index (κ3) is 2.13. The molecular formula is C12H13BrO3. The molecule has 2 rings (SSSR count). The van der Waals surface area contributed by atoms with E-state index in [0.29, 0.717) is 19.6 Å². The van der Waals surface area contributed by atoms with Crippen LogP contribution in [0.5, 0.6) is 0 Å². The van der Waals surface area contributed by atoms with Crippen molar-refractivity contribution in [1.29, 1.82) is 0 Å². The fraction of sp³-hybridized carbons (Fsp3) is 0.417. The van der Waals surface area contributed by atoms with Crippen molar-refractivity contribution in [3.63, 3.8) is 0 Å². The summed E-state index contributed by atoms with van der Waals surface area (Å²) < 4.78 is 11.0. The summed E-state index contributed by atoms with van der Waals surface area (Å²) in [6, 6.07) is 7.96. The van der Waals surface area contributed by atoms with E-state index < -0.39 is 5.41 Å². The molecule has 0 atom stereocenters. The van der Waals surface area contributed by atoms with Crippen molar-refractivity contribution in [2.24, 2.45) is 5.41 Å². The van der Waals surface area contributed by atoms with Crippen molar-refractivity contribution >= 4 is 21.9 Å². The van der Waals surface area contributed by atoms with Crippen LogP contribution in [0.15, 0.2) is 28.7 Å². The monoisotopic (exact) mass is 284 g/mol. The lowest BCUT2D eigenvalue weighted by molar-refractivity contribution is -0.182. The number of halogens is 1. The Hall–Kier alpha value is -0.870. The summed E-state index contributed by atoms with van der Waals surface area (Å²) in [6.07, 6.45) is 0.674. The standard InChI is InChI=1S/C12H13BrO3/c1-15-11(14)12(7-16-8-12)6-9-2-4-10(13)5-3-9/h2-5H,6-8H2,1H3. The third-order valence-corrected chi connectivity index (χ3v) is 3.36. The summed E-state index contributed by atoms with van der Waals surface area (Å²) in [5.41, 5.74) is 0.652. The van der Waals surface area contributed by atoms with Gasteiger partial charge in [-0.2, -0.15) is 0 Å². The van der Waals surface area contributed by atoms with Gasteiger partial charge >= 0.3 is 5.97 Å². The van der Waals surface area contributed by atoms with Gasteiger partial charge in [-0.05, 0) is 24.1 Å². The van der Waals surface area contributed by atoms with Crippen LogP contribution >= 0.6 is 15.9 Å². The molecule has 0 spiro atoms. The van der Waals surface area contributed by atoms with Crippen LogP contribution in [0.2, 0.25) is 0 Å². The predicted octanol–water partition coefficient (Wildman–Crippen LogP) is 2.18. The van der Waals surface area contributed by atoms with Crippen molar-refractivity contribution in [3.05, 3.63) is 34.3 Å². The number of carbonyl (C=O) groups excluding carboxylic acids is 1. The summed E-state index contributed by atoms with van der Waals surface area (Å²) in [5, 5.41) is 0. The van der Waals surface area contributed by atoms with Crippen LogP contribution in [-0.4, -0.2) is 26.3 Å². The highest BCUT2D eigenvalue weighted by Gasteiger charge is 2.46. The minimum absolute atomic E-state index is 0.179. The Balaban J connectivity index is 2.13. The van der Waals surface area contributed by atoms with E-state index in [-0.39, 0.29) is 5.97 Å². The SMILES string of the molecule is COC(=O)C1(Cc2ccc(Br)cc2)COC1. The zero-order chi connectivity index (χ0) is 11.6. The minimum atomic E-state index is -0.470. The Morgan fingerprint density at radius 3 is 2.50 bits per heavy atom. The van der Waals surface area contributed by atoms with Crippen molar-refractivity contribution < 1.29 is 14.3 Å². The molecule has 0 unspecified atom stereocenters. The van der Waals surface area contributed by atoms with Gasteiger partial charge in [-0.1, -0.05) is 28.1 Å². The maximum absolute atomic E-state index is 11.7. The van der Waals surface area contributed by atoms with Gasteiger partial charge in [0, 0.05) is 4.47 Å². The van der Waals surface area contributed by atoms with E-state index in [1.807, 2.05) is 24.3 Å². The van der Waals surface area contributed by atoms with Crippen LogP contribution in [0.25, 0.3) is 0 Å². The summed E-state index contributed by atoms with van der Waals surface area (Å²) >= 11 is 3.38. The normalized spacial score (nSPS) is 17.6.